The highest BCUT2D eigenvalue weighted by molar-refractivity contribution is 14.0. The second kappa shape index (κ2) is 13.5. The molecule has 1 saturated heterocycles. The van der Waals surface area contributed by atoms with Crippen LogP contribution in [0.15, 0.2) is 23.2 Å². The summed E-state index contributed by atoms with van der Waals surface area (Å²) in [5.74, 6) is 0.648. The molecule has 0 amide bonds. The molecule has 0 aromatic heterocycles. The number of hydrogen-bond donors (Lipinski definition) is 2. The minimum absolute atomic E-state index is 0. The SMILES string of the molecule is CCNC(=NCc1ccc(N2CCN(CC)CC2)c(F)c1)NCC1(CCOC)CCC1.I. The van der Waals surface area contributed by atoms with E-state index in [0.29, 0.717) is 17.6 Å². The molecule has 0 atom stereocenters. The molecule has 0 unspecified atom stereocenters. The predicted molar refractivity (Wildman–Crippen MR) is 142 cm³/mol. The predicted octanol–water partition coefficient (Wildman–Crippen LogP) is 3.85. The highest BCUT2D eigenvalue weighted by Gasteiger charge is 2.36. The van der Waals surface area contributed by atoms with Crippen LogP contribution >= 0.6 is 24.0 Å². The van der Waals surface area contributed by atoms with Crippen molar-refractivity contribution in [1.29, 1.82) is 0 Å². The Kier molecular flexibility index (Phi) is 11.5. The summed E-state index contributed by atoms with van der Waals surface area (Å²) in [6.45, 7) is 12.0. The Morgan fingerprint density at radius 3 is 2.47 bits per heavy atom. The van der Waals surface area contributed by atoms with Crippen LogP contribution in [0.25, 0.3) is 0 Å². The van der Waals surface area contributed by atoms with Gasteiger partial charge in [-0.05, 0) is 55.8 Å². The van der Waals surface area contributed by atoms with Crippen LogP contribution in [-0.2, 0) is 11.3 Å². The van der Waals surface area contributed by atoms with Gasteiger partial charge in [-0.15, -0.1) is 24.0 Å². The second-order valence-electron chi connectivity index (χ2n) is 8.85. The van der Waals surface area contributed by atoms with E-state index >= 15 is 0 Å². The largest absolute Gasteiger partial charge is 0.385 e. The van der Waals surface area contributed by atoms with E-state index in [0.717, 1.165) is 70.4 Å². The van der Waals surface area contributed by atoms with Crippen LogP contribution < -0.4 is 15.5 Å². The number of anilines is 1. The monoisotopic (exact) mass is 561 g/mol. The first-order valence-corrected chi connectivity index (χ1v) is 11.9. The number of guanidine groups is 1. The molecule has 1 aliphatic heterocycles. The number of piperazine rings is 1. The molecule has 182 valence electrons. The van der Waals surface area contributed by atoms with Crippen LogP contribution in [0.2, 0.25) is 0 Å². The zero-order valence-corrected chi connectivity index (χ0v) is 22.3. The zero-order chi connectivity index (χ0) is 22.1. The van der Waals surface area contributed by atoms with Crippen LogP contribution in [0.4, 0.5) is 10.1 Å². The van der Waals surface area contributed by atoms with Gasteiger partial charge in [0.05, 0.1) is 12.2 Å². The number of ether oxygens (including phenoxy) is 1. The molecule has 0 spiro atoms. The average molecular weight is 562 g/mol. The number of methoxy groups -OCH3 is 1. The first kappa shape index (κ1) is 27.1. The Hall–Kier alpha value is -1.13. The van der Waals surface area contributed by atoms with Gasteiger partial charge in [-0.2, -0.15) is 0 Å². The number of likely N-dealkylation sites (N-methyl/N-ethyl adjacent to an activating group) is 1. The molecule has 32 heavy (non-hydrogen) atoms. The first-order chi connectivity index (χ1) is 15.1. The Morgan fingerprint density at radius 1 is 1.16 bits per heavy atom. The number of benzene rings is 1. The van der Waals surface area contributed by atoms with E-state index in [1.165, 1.54) is 19.3 Å². The molecule has 1 saturated carbocycles. The minimum Gasteiger partial charge on any atom is -0.385 e. The third-order valence-corrected chi connectivity index (χ3v) is 6.82. The van der Waals surface area contributed by atoms with Gasteiger partial charge in [0, 0.05) is 53.0 Å². The van der Waals surface area contributed by atoms with Gasteiger partial charge in [0.1, 0.15) is 5.82 Å². The molecule has 1 aromatic carbocycles. The topological polar surface area (TPSA) is 52.1 Å². The van der Waals surface area contributed by atoms with Gasteiger partial charge >= 0.3 is 0 Å². The van der Waals surface area contributed by atoms with E-state index in [-0.39, 0.29) is 29.8 Å². The van der Waals surface area contributed by atoms with E-state index in [9.17, 15) is 4.39 Å². The number of nitrogens with zero attached hydrogens (tertiary/aromatic N) is 3. The van der Waals surface area contributed by atoms with Crippen molar-refractivity contribution < 1.29 is 9.13 Å². The van der Waals surface area contributed by atoms with E-state index in [4.69, 9.17) is 9.73 Å². The molecule has 2 N–H and O–H groups in total. The molecule has 1 aromatic rings. The smallest absolute Gasteiger partial charge is 0.191 e. The molecular weight excluding hydrogens is 520 g/mol. The maximum atomic E-state index is 14.8. The van der Waals surface area contributed by atoms with Crippen molar-refractivity contribution in [2.24, 2.45) is 10.4 Å². The summed E-state index contributed by atoms with van der Waals surface area (Å²) >= 11 is 0. The lowest BCUT2D eigenvalue weighted by molar-refractivity contribution is 0.0732. The van der Waals surface area contributed by atoms with E-state index < -0.39 is 0 Å². The first-order valence-electron chi connectivity index (χ1n) is 11.9. The molecule has 8 heteroatoms. The van der Waals surface area contributed by atoms with Crippen LogP contribution in [0, 0.1) is 11.2 Å². The Bertz CT molecular complexity index is 720. The highest BCUT2D eigenvalue weighted by atomic mass is 127. The van der Waals surface area contributed by atoms with Gasteiger partial charge < -0.3 is 25.2 Å². The molecule has 2 aliphatic rings. The van der Waals surface area contributed by atoms with Gasteiger partial charge in [0.2, 0.25) is 0 Å². The molecular formula is C24H41FIN5O. The minimum atomic E-state index is -0.149. The normalized spacial score (nSPS) is 18.6. The third kappa shape index (κ3) is 7.45. The summed E-state index contributed by atoms with van der Waals surface area (Å²) in [5, 5.41) is 6.82. The Morgan fingerprint density at radius 2 is 1.91 bits per heavy atom. The number of hydrogen-bond acceptors (Lipinski definition) is 4. The molecule has 2 fully saturated rings. The number of aliphatic imine (C=N–C) groups is 1. The van der Waals surface area contributed by atoms with Gasteiger partial charge in [-0.25, -0.2) is 9.38 Å². The van der Waals surface area contributed by atoms with Crippen LogP contribution in [0.3, 0.4) is 0 Å². The van der Waals surface area contributed by atoms with Gasteiger partial charge in [-0.1, -0.05) is 19.4 Å². The molecule has 0 radical (unpaired) electrons. The maximum Gasteiger partial charge on any atom is 0.191 e. The fourth-order valence-corrected chi connectivity index (χ4v) is 4.50. The average Bonchev–Trinajstić information content (AvgIpc) is 2.76. The van der Waals surface area contributed by atoms with Crippen molar-refractivity contribution in [3.05, 3.63) is 29.6 Å². The summed E-state index contributed by atoms with van der Waals surface area (Å²) in [7, 11) is 1.76. The van der Waals surface area contributed by atoms with Crippen molar-refractivity contribution in [3.63, 3.8) is 0 Å². The fourth-order valence-electron chi connectivity index (χ4n) is 4.50. The lowest BCUT2D eigenvalue weighted by atomic mass is 9.67. The van der Waals surface area contributed by atoms with Crippen molar-refractivity contribution >= 4 is 35.6 Å². The molecule has 6 nitrogen and oxygen atoms in total. The van der Waals surface area contributed by atoms with E-state index in [2.05, 4.69) is 34.3 Å². The molecule has 1 heterocycles. The second-order valence-corrected chi connectivity index (χ2v) is 8.85. The van der Waals surface area contributed by atoms with Crippen molar-refractivity contribution in [1.82, 2.24) is 15.5 Å². The summed E-state index contributed by atoms with van der Waals surface area (Å²) in [6.07, 6.45) is 4.84. The van der Waals surface area contributed by atoms with Crippen LogP contribution in [0.1, 0.15) is 45.1 Å². The van der Waals surface area contributed by atoms with Gasteiger partial charge in [0.25, 0.3) is 0 Å². The number of nitrogens with one attached hydrogen (secondary N) is 2. The fraction of sp³-hybridized carbons (Fsp3) is 0.708. The maximum absolute atomic E-state index is 14.8. The van der Waals surface area contributed by atoms with E-state index in [1.54, 1.807) is 13.2 Å². The zero-order valence-electron chi connectivity index (χ0n) is 20.0. The Labute approximate surface area is 210 Å². The Balaban J connectivity index is 0.00000363. The number of halogens is 2. The van der Waals surface area contributed by atoms with Crippen molar-refractivity contribution in [2.45, 2.75) is 46.1 Å². The molecule has 0 bridgehead atoms. The standard InChI is InChI=1S/C24H40FN5O.HI/c1-4-26-23(28-19-24(9-6-10-24)11-16-31-3)27-18-20-7-8-22(21(25)17-20)30-14-12-29(5-2)13-15-30;/h7-8,17H,4-6,9-16,18-19H2,1-3H3,(H2,26,27,28);1H. The lowest BCUT2D eigenvalue weighted by Gasteiger charge is -2.42. The highest BCUT2D eigenvalue weighted by Crippen LogP contribution is 2.43. The van der Waals surface area contributed by atoms with Crippen molar-refractivity contribution in [3.8, 4) is 0 Å². The van der Waals surface area contributed by atoms with Crippen LogP contribution in [-0.4, -0.2) is 70.4 Å². The van der Waals surface area contributed by atoms with Gasteiger partial charge in [0.15, 0.2) is 5.96 Å². The molecule has 1 aliphatic carbocycles. The third-order valence-electron chi connectivity index (χ3n) is 6.82. The summed E-state index contributed by atoms with van der Waals surface area (Å²) < 4.78 is 20.1. The summed E-state index contributed by atoms with van der Waals surface area (Å²) in [6, 6.07) is 5.56. The number of rotatable bonds is 10. The molecule has 3 rings (SSSR count). The van der Waals surface area contributed by atoms with Crippen LogP contribution in [0.5, 0.6) is 0 Å². The summed E-state index contributed by atoms with van der Waals surface area (Å²) in [4.78, 5) is 9.26. The summed E-state index contributed by atoms with van der Waals surface area (Å²) in [5.41, 5.74) is 1.92. The van der Waals surface area contributed by atoms with E-state index in [1.807, 2.05) is 12.1 Å². The van der Waals surface area contributed by atoms with Crippen molar-refractivity contribution in [2.75, 3.05) is 64.4 Å². The van der Waals surface area contributed by atoms with Gasteiger partial charge in [-0.3, -0.25) is 0 Å². The lowest BCUT2D eigenvalue weighted by Crippen LogP contribution is -2.47. The quantitative estimate of drug-likeness (QED) is 0.258.